The number of hydrogen-bond donors (Lipinski definition) is 3. The molecule has 0 saturated carbocycles. The van der Waals surface area contributed by atoms with Gasteiger partial charge in [0.2, 0.25) is 5.54 Å². The van der Waals surface area contributed by atoms with E-state index in [1.807, 2.05) is 5.32 Å². The summed E-state index contributed by atoms with van der Waals surface area (Å²) in [5.74, 6) is -2.76. The molecular formula is C12H10F2N2O5. The van der Waals surface area contributed by atoms with E-state index < -0.39 is 29.9 Å². The second kappa shape index (κ2) is 5.00. The number of carboxylic acids is 1. The van der Waals surface area contributed by atoms with Gasteiger partial charge in [0.1, 0.15) is 5.75 Å². The van der Waals surface area contributed by atoms with E-state index in [1.165, 1.54) is 0 Å². The van der Waals surface area contributed by atoms with Gasteiger partial charge in [-0.1, -0.05) is 6.07 Å². The Morgan fingerprint density at radius 2 is 2.05 bits per heavy atom. The zero-order valence-electron chi connectivity index (χ0n) is 10.6. The van der Waals surface area contributed by atoms with Gasteiger partial charge in [0, 0.05) is 5.56 Å². The average molecular weight is 300 g/mol. The highest BCUT2D eigenvalue weighted by Gasteiger charge is 2.56. The van der Waals surface area contributed by atoms with Crippen molar-refractivity contribution in [2.45, 2.75) is 12.0 Å². The van der Waals surface area contributed by atoms with Gasteiger partial charge in [-0.25, -0.2) is 18.4 Å². The number of amides is 3. The van der Waals surface area contributed by atoms with Crippen LogP contribution in [-0.2, 0) is 10.3 Å². The van der Waals surface area contributed by atoms with E-state index in [4.69, 9.17) is 9.84 Å². The zero-order valence-corrected chi connectivity index (χ0v) is 10.6. The molecule has 0 aromatic heterocycles. The first-order chi connectivity index (χ1) is 9.82. The molecule has 0 spiro atoms. The molecule has 3 amide bonds. The molecule has 2 rings (SSSR count). The SMILES string of the molecule is COc1cc(C(=O)O)ccc1C1(C(F)F)NC(=O)NC1=O. The van der Waals surface area contributed by atoms with Crippen molar-refractivity contribution in [3.63, 3.8) is 0 Å². The molecule has 1 aromatic rings. The second-order valence-corrected chi connectivity index (χ2v) is 4.24. The molecule has 1 fully saturated rings. The molecule has 1 unspecified atom stereocenters. The Morgan fingerprint density at radius 3 is 2.48 bits per heavy atom. The molecule has 1 atom stereocenters. The molecule has 7 nitrogen and oxygen atoms in total. The normalized spacial score (nSPS) is 21.1. The van der Waals surface area contributed by atoms with Gasteiger partial charge in [-0.05, 0) is 12.1 Å². The third-order valence-corrected chi connectivity index (χ3v) is 3.10. The number of carbonyl (C=O) groups is 3. The molecule has 1 aromatic carbocycles. The summed E-state index contributed by atoms with van der Waals surface area (Å²) >= 11 is 0. The Hall–Kier alpha value is -2.71. The Labute approximate surface area is 116 Å². The molecule has 112 valence electrons. The van der Waals surface area contributed by atoms with Crippen molar-refractivity contribution >= 4 is 17.9 Å². The summed E-state index contributed by atoms with van der Waals surface area (Å²) < 4.78 is 31.7. The maximum atomic E-state index is 13.4. The highest BCUT2D eigenvalue weighted by atomic mass is 19.3. The summed E-state index contributed by atoms with van der Waals surface area (Å²) in [4.78, 5) is 33.9. The van der Waals surface area contributed by atoms with Crippen LogP contribution in [0.3, 0.4) is 0 Å². The molecule has 3 N–H and O–H groups in total. The molecule has 9 heteroatoms. The van der Waals surface area contributed by atoms with Crippen molar-refractivity contribution in [1.82, 2.24) is 10.6 Å². The van der Waals surface area contributed by atoms with E-state index in [0.717, 1.165) is 25.3 Å². The first kappa shape index (κ1) is 14.7. The summed E-state index contributed by atoms with van der Waals surface area (Å²) in [6, 6.07) is 1.99. The second-order valence-electron chi connectivity index (χ2n) is 4.24. The van der Waals surface area contributed by atoms with Crippen LogP contribution in [0.1, 0.15) is 15.9 Å². The number of carboxylic acid groups (broad SMARTS) is 1. The smallest absolute Gasteiger partial charge is 0.335 e. The molecule has 1 saturated heterocycles. The average Bonchev–Trinajstić information content (AvgIpc) is 2.73. The predicted molar refractivity (Wildman–Crippen MR) is 64.3 cm³/mol. The van der Waals surface area contributed by atoms with Crippen molar-refractivity contribution in [3.8, 4) is 5.75 Å². The number of methoxy groups -OCH3 is 1. The number of imide groups is 1. The Morgan fingerprint density at radius 1 is 1.38 bits per heavy atom. The van der Waals surface area contributed by atoms with Gasteiger partial charge in [-0.2, -0.15) is 0 Å². The number of urea groups is 1. The van der Waals surface area contributed by atoms with Gasteiger partial charge in [0.25, 0.3) is 12.3 Å². The topological polar surface area (TPSA) is 105 Å². The molecule has 0 aliphatic carbocycles. The number of halogens is 2. The van der Waals surface area contributed by atoms with Gasteiger partial charge in [0.15, 0.2) is 0 Å². The maximum absolute atomic E-state index is 13.4. The predicted octanol–water partition coefficient (Wildman–Crippen LogP) is 0.693. The van der Waals surface area contributed by atoms with Gasteiger partial charge in [-0.15, -0.1) is 0 Å². The van der Waals surface area contributed by atoms with E-state index in [9.17, 15) is 23.2 Å². The minimum Gasteiger partial charge on any atom is -0.496 e. The highest BCUT2D eigenvalue weighted by Crippen LogP contribution is 2.37. The van der Waals surface area contributed by atoms with Crippen LogP contribution in [0.5, 0.6) is 5.75 Å². The quantitative estimate of drug-likeness (QED) is 0.710. The van der Waals surface area contributed by atoms with E-state index in [2.05, 4.69) is 0 Å². The number of benzene rings is 1. The fraction of sp³-hybridized carbons (Fsp3) is 0.250. The van der Waals surface area contributed by atoms with E-state index >= 15 is 0 Å². The van der Waals surface area contributed by atoms with Crippen molar-refractivity contribution in [1.29, 1.82) is 0 Å². The van der Waals surface area contributed by atoms with Crippen LogP contribution in [0.25, 0.3) is 0 Å². The standard InChI is InChI=1S/C12H10F2N2O5/c1-21-7-4-5(8(17)18)2-3-6(7)12(9(13)14)10(19)15-11(20)16-12/h2-4,9H,1H3,(H,17,18)(H2,15,16,19,20). The minimum atomic E-state index is -3.26. The molecular weight excluding hydrogens is 290 g/mol. The Bertz CT molecular complexity index is 634. The van der Waals surface area contributed by atoms with E-state index in [-0.39, 0.29) is 16.9 Å². The minimum absolute atomic E-state index is 0.204. The lowest BCUT2D eigenvalue weighted by Crippen LogP contribution is -2.50. The molecule has 1 aliphatic rings. The number of carbonyl (C=O) groups excluding carboxylic acids is 2. The lowest BCUT2D eigenvalue weighted by Gasteiger charge is -2.27. The monoisotopic (exact) mass is 300 g/mol. The number of alkyl halides is 2. The summed E-state index contributed by atoms with van der Waals surface area (Å²) in [7, 11) is 1.14. The highest BCUT2D eigenvalue weighted by molar-refractivity contribution is 6.08. The number of hydrogen-bond acceptors (Lipinski definition) is 4. The molecule has 0 radical (unpaired) electrons. The van der Waals surface area contributed by atoms with Gasteiger partial charge in [-0.3, -0.25) is 10.1 Å². The van der Waals surface area contributed by atoms with Crippen molar-refractivity contribution in [2.75, 3.05) is 7.11 Å². The first-order valence-electron chi connectivity index (χ1n) is 5.66. The van der Waals surface area contributed by atoms with Crippen LogP contribution in [0.4, 0.5) is 13.6 Å². The van der Waals surface area contributed by atoms with Crippen molar-refractivity contribution < 1.29 is 33.0 Å². The van der Waals surface area contributed by atoms with E-state index in [0.29, 0.717) is 0 Å². The van der Waals surface area contributed by atoms with E-state index in [1.54, 1.807) is 5.32 Å². The number of nitrogens with one attached hydrogen (secondary N) is 2. The van der Waals surface area contributed by atoms with Crippen molar-refractivity contribution in [3.05, 3.63) is 29.3 Å². The number of aromatic carboxylic acids is 1. The molecule has 1 aliphatic heterocycles. The molecule has 21 heavy (non-hydrogen) atoms. The third-order valence-electron chi connectivity index (χ3n) is 3.10. The summed E-state index contributed by atoms with van der Waals surface area (Å²) in [5.41, 5.74) is -3.14. The van der Waals surface area contributed by atoms with Crippen LogP contribution in [0.2, 0.25) is 0 Å². The third kappa shape index (κ3) is 2.16. The summed E-state index contributed by atoms with van der Waals surface area (Å²) in [6.07, 6.45) is -3.26. The van der Waals surface area contributed by atoms with Crippen molar-refractivity contribution in [2.24, 2.45) is 0 Å². The summed E-state index contributed by atoms with van der Waals surface area (Å²) in [5, 5.41) is 12.5. The van der Waals surface area contributed by atoms with Crippen LogP contribution in [-0.4, -0.2) is 36.5 Å². The maximum Gasteiger partial charge on any atom is 0.335 e. The lowest BCUT2D eigenvalue weighted by atomic mass is 9.88. The Balaban J connectivity index is 2.64. The lowest BCUT2D eigenvalue weighted by molar-refractivity contribution is -0.130. The number of ether oxygens (including phenoxy) is 1. The van der Waals surface area contributed by atoms with Crippen LogP contribution in [0, 0.1) is 0 Å². The molecule has 1 heterocycles. The largest absolute Gasteiger partial charge is 0.496 e. The number of rotatable bonds is 4. The summed E-state index contributed by atoms with van der Waals surface area (Å²) in [6.45, 7) is 0. The zero-order chi connectivity index (χ0) is 15.8. The fourth-order valence-electron chi connectivity index (χ4n) is 2.08. The Kier molecular flexibility index (Phi) is 3.50. The van der Waals surface area contributed by atoms with Crippen LogP contribution >= 0.6 is 0 Å². The van der Waals surface area contributed by atoms with Gasteiger partial charge in [0.05, 0.1) is 12.7 Å². The van der Waals surface area contributed by atoms with Crippen LogP contribution < -0.4 is 15.4 Å². The fourth-order valence-corrected chi connectivity index (χ4v) is 2.08. The molecule has 0 bridgehead atoms. The van der Waals surface area contributed by atoms with Crippen LogP contribution in [0.15, 0.2) is 18.2 Å². The first-order valence-corrected chi connectivity index (χ1v) is 5.66. The van der Waals surface area contributed by atoms with Gasteiger partial charge < -0.3 is 15.2 Å². The van der Waals surface area contributed by atoms with Gasteiger partial charge >= 0.3 is 12.0 Å².